The van der Waals surface area contributed by atoms with Crippen LogP contribution < -0.4 is 0 Å². The van der Waals surface area contributed by atoms with Gasteiger partial charge in [0, 0.05) is 37.7 Å². The van der Waals surface area contributed by atoms with E-state index in [0.717, 1.165) is 11.1 Å². The number of nitrogens with zero attached hydrogens (tertiary/aromatic N) is 4. The van der Waals surface area contributed by atoms with Crippen LogP contribution >= 0.6 is 0 Å². The molecule has 7 heteroatoms. The van der Waals surface area contributed by atoms with Gasteiger partial charge in [-0.15, -0.1) is 10.2 Å². The number of benzene rings is 2. The molecule has 0 unspecified atom stereocenters. The van der Waals surface area contributed by atoms with Gasteiger partial charge in [0.05, 0.1) is 11.1 Å². The van der Waals surface area contributed by atoms with Crippen LogP contribution in [0.2, 0.25) is 0 Å². The van der Waals surface area contributed by atoms with Crippen molar-refractivity contribution in [2.24, 2.45) is 0 Å². The zero-order chi connectivity index (χ0) is 21.0. The average Bonchev–Trinajstić information content (AvgIpc) is 3.27. The fraction of sp³-hybridized carbons (Fsp3) is 0.217. The lowest BCUT2D eigenvalue weighted by Crippen LogP contribution is -2.17. The van der Waals surface area contributed by atoms with Crippen molar-refractivity contribution in [2.45, 2.75) is 26.8 Å². The van der Waals surface area contributed by atoms with Gasteiger partial charge in [-0.25, -0.2) is 0 Å². The van der Waals surface area contributed by atoms with E-state index in [1.165, 1.54) is 5.56 Å². The maximum absolute atomic E-state index is 12.7. The number of carbonyl (C=O) groups is 1. The predicted octanol–water partition coefficient (Wildman–Crippen LogP) is 3.78. The molecule has 3 heterocycles. The van der Waals surface area contributed by atoms with E-state index in [1.54, 1.807) is 25.1 Å². The van der Waals surface area contributed by atoms with E-state index >= 15 is 0 Å². The topological polar surface area (TPSA) is 92.3 Å². The predicted molar refractivity (Wildman–Crippen MR) is 111 cm³/mol. The van der Waals surface area contributed by atoms with Gasteiger partial charge in [0.25, 0.3) is 5.91 Å². The number of hydrogen-bond donors (Lipinski definition) is 1. The molecule has 0 aliphatic carbocycles. The van der Waals surface area contributed by atoms with Crippen LogP contribution in [-0.4, -0.2) is 38.1 Å². The molecule has 1 aliphatic heterocycles. The molecule has 5 rings (SSSR count). The molecule has 2 aromatic carbocycles. The van der Waals surface area contributed by atoms with E-state index in [9.17, 15) is 9.90 Å². The highest BCUT2D eigenvalue weighted by molar-refractivity contribution is 6.11. The summed E-state index contributed by atoms with van der Waals surface area (Å²) in [6.07, 6.45) is 2.43. The normalized spacial score (nSPS) is 13.3. The summed E-state index contributed by atoms with van der Waals surface area (Å²) < 4.78 is 5.72. The summed E-state index contributed by atoms with van der Waals surface area (Å²) in [6.45, 7) is 4.13. The third-order valence-corrected chi connectivity index (χ3v) is 5.50. The lowest BCUT2D eigenvalue weighted by molar-refractivity contribution is 0.0814. The number of aryl methyl sites for hydroxylation is 2. The molecule has 0 saturated heterocycles. The van der Waals surface area contributed by atoms with Crippen LogP contribution in [0.25, 0.3) is 22.4 Å². The molecular formula is C23H20N4O3. The minimum Gasteiger partial charge on any atom is -0.505 e. The number of hydrogen-bond acceptors (Lipinski definition) is 6. The summed E-state index contributed by atoms with van der Waals surface area (Å²) in [5.74, 6) is 0.413. The molecule has 0 fully saturated rings. The number of carbonyl (C=O) groups excluding carboxylic acids is 1. The van der Waals surface area contributed by atoms with Crippen molar-refractivity contribution in [3.63, 3.8) is 0 Å². The fourth-order valence-corrected chi connectivity index (χ4v) is 4.00. The van der Waals surface area contributed by atoms with Crippen molar-refractivity contribution in [3.8, 4) is 17.2 Å². The smallest absolute Gasteiger partial charge is 0.258 e. The molecule has 1 aliphatic rings. The summed E-state index contributed by atoms with van der Waals surface area (Å²) in [5.41, 5.74) is 5.32. The van der Waals surface area contributed by atoms with Crippen molar-refractivity contribution in [1.82, 2.24) is 20.1 Å². The highest BCUT2D eigenvalue weighted by Crippen LogP contribution is 2.43. The summed E-state index contributed by atoms with van der Waals surface area (Å²) in [7, 11) is 1.70. The van der Waals surface area contributed by atoms with Crippen LogP contribution in [0.15, 0.2) is 40.9 Å². The molecule has 7 nitrogen and oxygen atoms in total. The first-order chi connectivity index (χ1) is 14.4. The Morgan fingerprint density at radius 1 is 1.10 bits per heavy atom. The van der Waals surface area contributed by atoms with Gasteiger partial charge in [0.2, 0.25) is 11.8 Å². The molecule has 0 radical (unpaired) electrons. The van der Waals surface area contributed by atoms with Crippen LogP contribution in [-0.2, 0) is 13.0 Å². The van der Waals surface area contributed by atoms with Crippen molar-refractivity contribution >= 4 is 16.8 Å². The van der Waals surface area contributed by atoms with E-state index in [4.69, 9.17) is 4.42 Å². The van der Waals surface area contributed by atoms with Gasteiger partial charge in [0.15, 0.2) is 5.75 Å². The number of fused-ring (bicyclic) bond motifs is 2. The van der Waals surface area contributed by atoms with Gasteiger partial charge in [-0.05, 0) is 30.5 Å². The second-order valence-electron chi connectivity index (χ2n) is 7.77. The highest BCUT2D eigenvalue weighted by atomic mass is 16.4. The molecule has 2 aromatic heterocycles. The fourth-order valence-electron chi connectivity index (χ4n) is 4.00. The number of pyridine rings is 1. The molecule has 0 saturated carbocycles. The van der Waals surface area contributed by atoms with Crippen LogP contribution in [0.1, 0.15) is 38.5 Å². The van der Waals surface area contributed by atoms with E-state index in [2.05, 4.69) is 46.4 Å². The molecule has 0 spiro atoms. The summed E-state index contributed by atoms with van der Waals surface area (Å²) >= 11 is 0. The Morgan fingerprint density at radius 3 is 2.57 bits per heavy atom. The Morgan fingerprint density at radius 2 is 1.87 bits per heavy atom. The molecule has 150 valence electrons. The zero-order valence-electron chi connectivity index (χ0n) is 16.9. The first kappa shape index (κ1) is 18.3. The van der Waals surface area contributed by atoms with Crippen LogP contribution in [0.3, 0.4) is 0 Å². The van der Waals surface area contributed by atoms with Crippen LogP contribution in [0.4, 0.5) is 0 Å². The highest BCUT2D eigenvalue weighted by Gasteiger charge is 2.34. The minimum absolute atomic E-state index is 0.101. The summed E-state index contributed by atoms with van der Waals surface area (Å²) in [5, 5.41) is 19.7. The molecule has 0 atom stereocenters. The zero-order valence-corrected chi connectivity index (χ0v) is 16.9. The molecule has 1 N–H and O–H groups in total. The van der Waals surface area contributed by atoms with E-state index in [0.29, 0.717) is 46.8 Å². The van der Waals surface area contributed by atoms with E-state index < -0.39 is 0 Å². The molecule has 0 bridgehead atoms. The average molecular weight is 400 g/mol. The number of aromatic nitrogens is 3. The van der Waals surface area contributed by atoms with Crippen molar-refractivity contribution in [2.75, 3.05) is 7.05 Å². The second kappa shape index (κ2) is 6.66. The quantitative estimate of drug-likeness (QED) is 0.563. The van der Waals surface area contributed by atoms with Gasteiger partial charge in [-0.3, -0.25) is 9.78 Å². The number of aromatic hydroxyl groups is 1. The largest absolute Gasteiger partial charge is 0.505 e. The molecule has 4 aromatic rings. The van der Waals surface area contributed by atoms with Crippen LogP contribution in [0, 0.1) is 13.8 Å². The van der Waals surface area contributed by atoms with Crippen molar-refractivity contribution < 1.29 is 14.3 Å². The number of phenols is 1. The van der Waals surface area contributed by atoms with Gasteiger partial charge < -0.3 is 14.4 Å². The van der Waals surface area contributed by atoms with Gasteiger partial charge in [-0.1, -0.05) is 29.8 Å². The van der Waals surface area contributed by atoms with E-state index in [1.807, 2.05) is 6.07 Å². The Bertz CT molecular complexity index is 1310. The Labute approximate surface area is 173 Å². The summed E-state index contributed by atoms with van der Waals surface area (Å²) in [4.78, 5) is 18.7. The molecule has 1 amide bonds. The maximum atomic E-state index is 12.7. The Balaban J connectivity index is 1.74. The Hall–Kier alpha value is -3.74. The standard InChI is InChI=1S/C23H20N4O3/c1-12-4-6-14(7-5-12)8-15-9-16-18(22-26-25-13(2)30-22)17-11-27(3)23(29)19(17)21(28)20(16)24-10-15/h4-7,9-10,28H,8,11H2,1-3H3. The number of phenolic OH excluding ortho intramolecular Hbond substituents is 1. The third-order valence-electron chi connectivity index (χ3n) is 5.50. The lowest BCUT2D eigenvalue weighted by atomic mass is 9.94. The van der Waals surface area contributed by atoms with Crippen molar-refractivity contribution in [3.05, 3.63) is 70.2 Å². The summed E-state index contributed by atoms with van der Waals surface area (Å²) in [6, 6.07) is 10.3. The lowest BCUT2D eigenvalue weighted by Gasteiger charge is -2.12. The third kappa shape index (κ3) is 2.82. The molecular weight excluding hydrogens is 380 g/mol. The number of rotatable bonds is 3. The van der Waals surface area contributed by atoms with Crippen LogP contribution in [0.5, 0.6) is 5.75 Å². The maximum Gasteiger partial charge on any atom is 0.258 e. The minimum atomic E-state index is -0.243. The van der Waals surface area contributed by atoms with E-state index in [-0.39, 0.29) is 17.2 Å². The van der Waals surface area contributed by atoms with Gasteiger partial charge >= 0.3 is 0 Å². The SMILES string of the molecule is Cc1ccc(Cc2cnc3c(O)c4c(c(-c5nnc(C)o5)c3c2)CN(C)C4=O)cc1. The Kier molecular flexibility index (Phi) is 4.06. The second-order valence-corrected chi connectivity index (χ2v) is 7.77. The van der Waals surface area contributed by atoms with Gasteiger partial charge in [0.1, 0.15) is 5.52 Å². The van der Waals surface area contributed by atoms with Crippen molar-refractivity contribution in [1.29, 1.82) is 0 Å². The monoisotopic (exact) mass is 400 g/mol. The number of amides is 1. The first-order valence-electron chi connectivity index (χ1n) is 9.70. The molecule has 30 heavy (non-hydrogen) atoms. The first-order valence-corrected chi connectivity index (χ1v) is 9.70. The van der Waals surface area contributed by atoms with Gasteiger partial charge in [-0.2, -0.15) is 0 Å².